The van der Waals surface area contributed by atoms with Gasteiger partial charge in [0.25, 0.3) is 0 Å². The maximum absolute atomic E-state index is 11.6. The van der Waals surface area contributed by atoms with E-state index in [2.05, 4.69) is 10.2 Å². The summed E-state index contributed by atoms with van der Waals surface area (Å²) in [6.07, 6.45) is 1.12. The molecule has 1 aliphatic rings. The van der Waals surface area contributed by atoms with E-state index in [-0.39, 0.29) is 5.69 Å². The van der Waals surface area contributed by atoms with Crippen molar-refractivity contribution in [3.63, 3.8) is 0 Å². The largest absolute Gasteiger partial charge is 0.461 e. The summed E-state index contributed by atoms with van der Waals surface area (Å²) in [4.78, 5) is 11.6. The summed E-state index contributed by atoms with van der Waals surface area (Å²) in [5.74, 6) is 2.27. The van der Waals surface area contributed by atoms with E-state index < -0.39 is 5.97 Å². The third kappa shape index (κ3) is 2.52. The molecule has 1 fully saturated rings. The lowest BCUT2D eigenvalue weighted by atomic mass is 10.1. The lowest BCUT2D eigenvalue weighted by Crippen LogP contribution is -2.14. The van der Waals surface area contributed by atoms with Crippen LogP contribution in [0.3, 0.4) is 0 Å². The van der Waals surface area contributed by atoms with E-state index in [1.165, 1.54) is 0 Å². The number of H-pyrrole nitrogens is 1. The number of nitrogens with one attached hydrogen (secondary N) is 1. The zero-order chi connectivity index (χ0) is 11.5. The van der Waals surface area contributed by atoms with Gasteiger partial charge in [-0.25, -0.2) is 4.79 Å². The number of carbonyl (C=O) groups excluding carboxylic acids is 1. The maximum atomic E-state index is 11.6. The number of esters is 1. The van der Waals surface area contributed by atoms with Crippen molar-refractivity contribution >= 4 is 29.3 Å². The van der Waals surface area contributed by atoms with Gasteiger partial charge in [-0.2, -0.15) is 16.9 Å². The van der Waals surface area contributed by atoms with Crippen molar-refractivity contribution in [1.29, 1.82) is 0 Å². The number of aromatic amines is 1. The van der Waals surface area contributed by atoms with Crippen LogP contribution in [0.15, 0.2) is 0 Å². The van der Waals surface area contributed by atoms with Crippen molar-refractivity contribution in [1.82, 2.24) is 10.2 Å². The van der Waals surface area contributed by atoms with Crippen molar-refractivity contribution in [2.45, 2.75) is 13.3 Å². The van der Waals surface area contributed by atoms with Crippen LogP contribution in [0, 0.1) is 12.8 Å². The molecular weight excluding hydrogens is 248 g/mol. The van der Waals surface area contributed by atoms with Gasteiger partial charge in [0.15, 0.2) is 5.69 Å². The smallest absolute Gasteiger partial charge is 0.360 e. The summed E-state index contributed by atoms with van der Waals surface area (Å²) in [6, 6.07) is 0. The molecule has 1 aromatic heterocycles. The Balaban J connectivity index is 1.90. The molecule has 0 radical (unpaired) electrons. The highest BCUT2D eigenvalue weighted by atomic mass is 35.5. The van der Waals surface area contributed by atoms with E-state index >= 15 is 0 Å². The Morgan fingerprint density at radius 1 is 1.75 bits per heavy atom. The molecule has 2 heterocycles. The molecule has 0 saturated carbocycles. The van der Waals surface area contributed by atoms with Crippen LogP contribution in [-0.4, -0.2) is 34.3 Å². The Hall–Kier alpha value is -0.680. The third-order valence-electron chi connectivity index (χ3n) is 2.54. The Bertz CT molecular complexity index is 388. The molecule has 0 aromatic carbocycles. The third-order valence-corrected chi connectivity index (χ3v) is 4.23. The second-order valence-corrected chi connectivity index (χ2v) is 5.37. The SMILES string of the molecule is Cc1[nH]nc(C(=O)OCC2CCSC2)c1Cl. The molecule has 1 unspecified atom stereocenters. The lowest BCUT2D eigenvalue weighted by Gasteiger charge is -2.08. The molecule has 1 aromatic rings. The first-order chi connectivity index (χ1) is 7.68. The van der Waals surface area contributed by atoms with Gasteiger partial charge in [-0.3, -0.25) is 5.10 Å². The highest BCUT2D eigenvalue weighted by Gasteiger charge is 2.21. The molecule has 0 bridgehead atoms. The van der Waals surface area contributed by atoms with E-state index in [1.54, 1.807) is 6.92 Å². The van der Waals surface area contributed by atoms with Crippen molar-refractivity contribution in [2.24, 2.45) is 5.92 Å². The second kappa shape index (κ2) is 5.10. The van der Waals surface area contributed by atoms with Gasteiger partial charge in [-0.15, -0.1) is 0 Å². The van der Waals surface area contributed by atoms with Crippen LogP contribution in [0.25, 0.3) is 0 Å². The molecule has 0 aliphatic carbocycles. The molecule has 4 nitrogen and oxygen atoms in total. The first kappa shape index (κ1) is 11.8. The van der Waals surface area contributed by atoms with Crippen LogP contribution in [0.1, 0.15) is 22.6 Å². The molecule has 1 atom stereocenters. The van der Waals surface area contributed by atoms with Crippen LogP contribution >= 0.6 is 23.4 Å². The Labute approximate surface area is 103 Å². The average Bonchev–Trinajstić information content (AvgIpc) is 2.88. The first-order valence-corrected chi connectivity index (χ1v) is 6.67. The maximum Gasteiger partial charge on any atom is 0.360 e. The zero-order valence-corrected chi connectivity index (χ0v) is 10.5. The molecule has 88 valence electrons. The highest BCUT2D eigenvalue weighted by Crippen LogP contribution is 2.24. The number of aromatic nitrogens is 2. The van der Waals surface area contributed by atoms with Gasteiger partial charge in [0.05, 0.1) is 17.3 Å². The number of hydrogen-bond acceptors (Lipinski definition) is 4. The van der Waals surface area contributed by atoms with E-state index in [0.717, 1.165) is 17.9 Å². The van der Waals surface area contributed by atoms with E-state index in [9.17, 15) is 4.79 Å². The number of thioether (sulfide) groups is 1. The number of rotatable bonds is 3. The van der Waals surface area contributed by atoms with E-state index in [1.807, 2.05) is 11.8 Å². The summed E-state index contributed by atoms with van der Waals surface area (Å²) in [5.41, 5.74) is 0.870. The van der Waals surface area contributed by atoms with Gasteiger partial charge < -0.3 is 4.74 Å². The van der Waals surface area contributed by atoms with Gasteiger partial charge in [-0.1, -0.05) is 11.6 Å². The molecule has 1 saturated heterocycles. The van der Waals surface area contributed by atoms with Gasteiger partial charge in [-0.05, 0) is 24.9 Å². The minimum absolute atomic E-state index is 0.185. The fourth-order valence-corrected chi connectivity index (χ4v) is 2.95. The summed E-state index contributed by atoms with van der Waals surface area (Å²) in [6.45, 7) is 2.23. The quantitative estimate of drug-likeness (QED) is 0.848. The summed E-state index contributed by atoms with van der Waals surface area (Å²) < 4.78 is 5.19. The van der Waals surface area contributed by atoms with Crippen LogP contribution in [0.5, 0.6) is 0 Å². The monoisotopic (exact) mass is 260 g/mol. The summed E-state index contributed by atoms with van der Waals surface area (Å²) >= 11 is 7.80. The fraction of sp³-hybridized carbons (Fsp3) is 0.600. The number of carbonyl (C=O) groups is 1. The first-order valence-electron chi connectivity index (χ1n) is 5.14. The Morgan fingerprint density at radius 3 is 3.12 bits per heavy atom. The molecular formula is C10H13ClN2O2S. The molecule has 1 N–H and O–H groups in total. The standard InChI is InChI=1S/C10H13ClN2O2S/c1-6-8(11)9(13-12-6)10(14)15-4-7-2-3-16-5-7/h7H,2-5H2,1H3,(H,12,13). The predicted octanol–water partition coefficient (Wildman–Crippen LogP) is 2.28. The zero-order valence-electron chi connectivity index (χ0n) is 8.96. The van der Waals surface area contributed by atoms with Crippen molar-refractivity contribution in [2.75, 3.05) is 18.1 Å². The van der Waals surface area contributed by atoms with Gasteiger partial charge >= 0.3 is 5.97 Å². The normalized spacial score (nSPS) is 20.0. The lowest BCUT2D eigenvalue weighted by molar-refractivity contribution is 0.0447. The molecule has 2 rings (SSSR count). The Morgan fingerprint density at radius 2 is 2.56 bits per heavy atom. The fourth-order valence-electron chi connectivity index (χ4n) is 1.53. The van der Waals surface area contributed by atoms with Crippen LogP contribution in [0.2, 0.25) is 5.02 Å². The average molecular weight is 261 g/mol. The number of aryl methyl sites for hydroxylation is 1. The predicted molar refractivity (Wildman–Crippen MR) is 64.0 cm³/mol. The van der Waals surface area contributed by atoms with E-state index in [4.69, 9.17) is 16.3 Å². The minimum atomic E-state index is -0.439. The van der Waals surface area contributed by atoms with E-state index in [0.29, 0.717) is 23.2 Å². The molecule has 0 amide bonds. The second-order valence-electron chi connectivity index (χ2n) is 3.84. The highest BCUT2D eigenvalue weighted by molar-refractivity contribution is 7.99. The van der Waals surface area contributed by atoms with Gasteiger partial charge in [0.1, 0.15) is 0 Å². The molecule has 0 spiro atoms. The van der Waals surface area contributed by atoms with Gasteiger partial charge in [0.2, 0.25) is 0 Å². The van der Waals surface area contributed by atoms with Gasteiger partial charge in [0, 0.05) is 5.92 Å². The number of nitrogens with zero attached hydrogens (tertiary/aromatic N) is 1. The topological polar surface area (TPSA) is 55.0 Å². The summed E-state index contributed by atoms with van der Waals surface area (Å²) in [7, 11) is 0. The van der Waals surface area contributed by atoms with Crippen LogP contribution < -0.4 is 0 Å². The van der Waals surface area contributed by atoms with Crippen LogP contribution in [-0.2, 0) is 4.74 Å². The molecule has 1 aliphatic heterocycles. The molecule has 16 heavy (non-hydrogen) atoms. The van der Waals surface area contributed by atoms with Crippen LogP contribution in [0.4, 0.5) is 0 Å². The number of ether oxygens (including phenoxy) is 1. The van der Waals surface area contributed by atoms with Crippen molar-refractivity contribution in [3.8, 4) is 0 Å². The Kier molecular flexibility index (Phi) is 3.76. The number of halogens is 1. The minimum Gasteiger partial charge on any atom is -0.461 e. The summed E-state index contributed by atoms with van der Waals surface area (Å²) in [5, 5.41) is 6.84. The molecule has 6 heteroatoms. The number of hydrogen-bond donors (Lipinski definition) is 1. The van der Waals surface area contributed by atoms with Crippen molar-refractivity contribution in [3.05, 3.63) is 16.4 Å². The van der Waals surface area contributed by atoms with Crippen molar-refractivity contribution < 1.29 is 9.53 Å².